The van der Waals surface area contributed by atoms with Crippen molar-refractivity contribution in [1.29, 1.82) is 0 Å². The molecule has 1 fully saturated rings. The fraction of sp³-hybridized carbons (Fsp3) is 0.350. The van der Waals surface area contributed by atoms with Crippen LogP contribution in [0, 0.1) is 10.1 Å². The van der Waals surface area contributed by atoms with Gasteiger partial charge in [0.05, 0.1) is 22.2 Å². The smallest absolute Gasteiger partial charge is 0.330 e. The number of carbonyl (C=O) groups excluding carboxylic acids is 2. The normalized spacial score (nSPS) is 14.8. The molecule has 1 aromatic heterocycles. The van der Waals surface area contributed by atoms with E-state index in [2.05, 4.69) is 4.98 Å². The van der Waals surface area contributed by atoms with Gasteiger partial charge in [-0.2, -0.15) is 0 Å². The van der Waals surface area contributed by atoms with Gasteiger partial charge in [-0.3, -0.25) is 14.9 Å². The van der Waals surface area contributed by atoms with Gasteiger partial charge in [0.1, 0.15) is 5.02 Å². The molecular formula is C20H20ClN3O5S. The third-order valence-corrected chi connectivity index (χ3v) is 6.09. The highest BCUT2D eigenvalue weighted by Gasteiger charge is 2.25. The van der Waals surface area contributed by atoms with Gasteiger partial charge in [-0.05, 0) is 25.8 Å². The summed E-state index contributed by atoms with van der Waals surface area (Å²) in [5.74, 6) is -0.530. The zero-order chi connectivity index (χ0) is 21.7. The number of esters is 1. The average Bonchev–Trinajstić information content (AvgIpc) is 3.23. The lowest BCUT2D eigenvalue weighted by molar-refractivity contribution is -0.384. The van der Waals surface area contributed by atoms with Crippen LogP contribution in [0.3, 0.4) is 0 Å². The van der Waals surface area contributed by atoms with Gasteiger partial charge in [0.2, 0.25) is 5.91 Å². The van der Waals surface area contributed by atoms with Crippen molar-refractivity contribution >= 4 is 40.5 Å². The number of thiazole rings is 1. The van der Waals surface area contributed by atoms with Crippen molar-refractivity contribution in [3.8, 4) is 11.3 Å². The Morgan fingerprint density at radius 3 is 2.77 bits per heavy atom. The zero-order valence-electron chi connectivity index (χ0n) is 16.2. The second kappa shape index (κ2) is 9.82. The standard InChI is InChI=1S/C20H20ClN3O5S/c1-2-29-19(26)6-5-18(25)23-9-7-13(8-10-23)20-22-16(12-30-20)14-3-4-15(21)17(11-14)24(27)28/h3-6,11-13H,2,7-10H2,1H3/b6-5+. The first-order valence-corrected chi connectivity index (χ1v) is 10.7. The Bertz CT molecular complexity index is 983. The molecule has 0 unspecified atom stereocenters. The van der Waals surface area contributed by atoms with Gasteiger partial charge in [0.15, 0.2) is 0 Å². The van der Waals surface area contributed by atoms with Crippen LogP contribution in [0.15, 0.2) is 35.7 Å². The number of halogens is 1. The summed E-state index contributed by atoms with van der Waals surface area (Å²) in [4.78, 5) is 40.5. The summed E-state index contributed by atoms with van der Waals surface area (Å²) < 4.78 is 4.77. The average molecular weight is 450 g/mol. The van der Waals surface area contributed by atoms with Crippen molar-refractivity contribution < 1.29 is 19.2 Å². The van der Waals surface area contributed by atoms with Crippen LogP contribution in [0.4, 0.5) is 5.69 Å². The fourth-order valence-electron chi connectivity index (χ4n) is 3.20. The first kappa shape index (κ1) is 21.9. The lowest BCUT2D eigenvalue weighted by atomic mass is 9.97. The minimum absolute atomic E-state index is 0.0910. The number of amides is 1. The predicted octanol–water partition coefficient (Wildman–Crippen LogP) is 4.20. The number of piperidine rings is 1. The number of likely N-dealkylation sites (tertiary alicyclic amines) is 1. The molecule has 0 spiro atoms. The number of benzene rings is 1. The molecule has 0 aliphatic carbocycles. The van der Waals surface area contributed by atoms with Gasteiger partial charge in [0.25, 0.3) is 5.69 Å². The van der Waals surface area contributed by atoms with Crippen molar-refractivity contribution in [3.63, 3.8) is 0 Å². The van der Waals surface area contributed by atoms with E-state index in [0.29, 0.717) is 24.3 Å². The molecule has 0 saturated carbocycles. The maximum atomic E-state index is 12.2. The van der Waals surface area contributed by atoms with Crippen LogP contribution >= 0.6 is 22.9 Å². The van der Waals surface area contributed by atoms with E-state index in [1.54, 1.807) is 17.9 Å². The summed E-state index contributed by atoms with van der Waals surface area (Å²) in [7, 11) is 0. The molecule has 1 saturated heterocycles. The maximum Gasteiger partial charge on any atom is 0.330 e. The fourth-order valence-corrected chi connectivity index (χ4v) is 4.39. The SMILES string of the molecule is CCOC(=O)/C=C/C(=O)N1CCC(c2nc(-c3ccc(Cl)c([N+](=O)[O-])c3)cs2)CC1. The van der Waals surface area contributed by atoms with Gasteiger partial charge in [-0.1, -0.05) is 17.7 Å². The second-order valence-electron chi connectivity index (χ2n) is 6.68. The number of carbonyl (C=O) groups is 2. The number of nitro groups is 1. The summed E-state index contributed by atoms with van der Waals surface area (Å²) in [6.07, 6.45) is 3.91. The highest BCUT2D eigenvalue weighted by molar-refractivity contribution is 7.10. The molecule has 158 valence electrons. The Kier molecular flexibility index (Phi) is 7.17. The van der Waals surface area contributed by atoms with E-state index < -0.39 is 10.9 Å². The second-order valence-corrected chi connectivity index (χ2v) is 7.98. The molecule has 0 radical (unpaired) electrons. The number of ether oxygens (including phenoxy) is 1. The van der Waals surface area contributed by atoms with Crippen molar-refractivity contribution in [2.75, 3.05) is 19.7 Å². The topological polar surface area (TPSA) is 103 Å². The molecule has 2 heterocycles. The summed E-state index contributed by atoms with van der Waals surface area (Å²) in [5.41, 5.74) is 1.17. The largest absolute Gasteiger partial charge is 0.463 e. The molecule has 0 bridgehead atoms. The van der Waals surface area contributed by atoms with Gasteiger partial charge in [0, 0.05) is 48.2 Å². The van der Waals surface area contributed by atoms with Gasteiger partial charge >= 0.3 is 5.97 Å². The predicted molar refractivity (Wildman–Crippen MR) is 114 cm³/mol. The molecule has 10 heteroatoms. The van der Waals surface area contributed by atoms with Crippen LogP contribution in [0.25, 0.3) is 11.3 Å². The Hall–Kier alpha value is -2.78. The van der Waals surface area contributed by atoms with Crippen LogP contribution in [0.1, 0.15) is 30.7 Å². The number of rotatable bonds is 6. The Morgan fingerprint density at radius 2 is 2.10 bits per heavy atom. The molecule has 1 amide bonds. The lowest BCUT2D eigenvalue weighted by Gasteiger charge is -2.30. The molecule has 3 rings (SSSR count). The number of nitro benzene ring substituents is 1. The minimum atomic E-state index is -0.529. The molecule has 1 aliphatic rings. The van der Waals surface area contributed by atoms with E-state index in [1.165, 1.54) is 29.5 Å². The van der Waals surface area contributed by atoms with Crippen LogP contribution in [0.2, 0.25) is 5.02 Å². The third kappa shape index (κ3) is 5.22. The number of hydrogen-bond acceptors (Lipinski definition) is 7. The summed E-state index contributed by atoms with van der Waals surface area (Å²) in [6, 6.07) is 4.64. The van der Waals surface area contributed by atoms with Gasteiger partial charge in [-0.25, -0.2) is 9.78 Å². The van der Waals surface area contributed by atoms with Crippen LogP contribution in [0.5, 0.6) is 0 Å². The molecule has 1 aromatic carbocycles. The van der Waals surface area contributed by atoms with E-state index in [-0.39, 0.29) is 29.1 Å². The van der Waals surface area contributed by atoms with Crippen LogP contribution in [-0.4, -0.2) is 46.4 Å². The number of aromatic nitrogens is 1. The first-order valence-electron chi connectivity index (χ1n) is 9.42. The Labute approximate surface area is 182 Å². The Balaban J connectivity index is 1.62. The van der Waals surface area contributed by atoms with Crippen LogP contribution < -0.4 is 0 Å². The zero-order valence-corrected chi connectivity index (χ0v) is 17.8. The number of nitrogens with zero attached hydrogens (tertiary/aromatic N) is 3. The molecule has 1 aliphatic heterocycles. The highest BCUT2D eigenvalue weighted by Crippen LogP contribution is 2.35. The molecule has 8 nitrogen and oxygen atoms in total. The molecule has 0 N–H and O–H groups in total. The van der Waals surface area contributed by atoms with Gasteiger partial charge in [-0.15, -0.1) is 11.3 Å². The van der Waals surface area contributed by atoms with Crippen LogP contribution in [-0.2, 0) is 14.3 Å². The molecule has 0 atom stereocenters. The van der Waals surface area contributed by atoms with E-state index in [1.807, 2.05) is 5.38 Å². The Morgan fingerprint density at radius 1 is 1.37 bits per heavy atom. The third-order valence-electron chi connectivity index (χ3n) is 4.77. The maximum absolute atomic E-state index is 12.2. The van der Waals surface area contributed by atoms with E-state index in [4.69, 9.17) is 16.3 Å². The van der Waals surface area contributed by atoms with E-state index >= 15 is 0 Å². The summed E-state index contributed by atoms with van der Waals surface area (Å²) in [5, 5.41) is 14.0. The quantitative estimate of drug-likeness (QED) is 0.283. The first-order chi connectivity index (χ1) is 14.4. The summed E-state index contributed by atoms with van der Waals surface area (Å²) in [6.45, 7) is 3.11. The lowest BCUT2D eigenvalue weighted by Crippen LogP contribution is -2.37. The minimum Gasteiger partial charge on any atom is -0.463 e. The summed E-state index contributed by atoms with van der Waals surface area (Å²) >= 11 is 7.38. The molecule has 30 heavy (non-hydrogen) atoms. The highest BCUT2D eigenvalue weighted by atomic mass is 35.5. The number of hydrogen-bond donors (Lipinski definition) is 0. The van der Waals surface area contributed by atoms with E-state index in [0.717, 1.165) is 23.9 Å². The van der Waals surface area contributed by atoms with E-state index in [9.17, 15) is 19.7 Å². The molecule has 2 aromatic rings. The molecular weight excluding hydrogens is 430 g/mol. The van der Waals surface area contributed by atoms with Crippen molar-refractivity contribution in [1.82, 2.24) is 9.88 Å². The van der Waals surface area contributed by atoms with Crippen molar-refractivity contribution in [2.24, 2.45) is 0 Å². The van der Waals surface area contributed by atoms with Gasteiger partial charge < -0.3 is 9.64 Å². The monoisotopic (exact) mass is 449 g/mol. The van der Waals surface area contributed by atoms with Crippen molar-refractivity contribution in [2.45, 2.75) is 25.7 Å². The van der Waals surface area contributed by atoms with Crippen molar-refractivity contribution in [3.05, 3.63) is 55.9 Å².